The second-order valence-electron chi connectivity index (χ2n) is 6.49. The summed E-state index contributed by atoms with van der Waals surface area (Å²) in [5.74, 6) is 1.42. The van der Waals surface area contributed by atoms with Crippen molar-refractivity contribution in [2.75, 3.05) is 0 Å². The van der Waals surface area contributed by atoms with Gasteiger partial charge in [-0.25, -0.2) is 4.98 Å². The molecule has 3 aromatic rings. The maximum atomic E-state index is 12.5. The van der Waals surface area contributed by atoms with Gasteiger partial charge in [0.2, 0.25) is 0 Å². The molecule has 124 valence electrons. The molecule has 5 heteroatoms. The summed E-state index contributed by atoms with van der Waals surface area (Å²) in [6.07, 6.45) is 4.68. The summed E-state index contributed by atoms with van der Waals surface area (Å²) < 4.78 is 6.89. The third-order valence-electron chi connectivity index (χ3n) is 4.76. The molecule has 2 heterocycles. The molecule has 1 amide bonds. The molecular formula is C19H20N2O2S. The van der Waals surface area contributed by atoms with Gasteiger partial charge in [0.1, 0.15) is 0 Å². The number of hydrogen-bond donors (Lipinski definition) is 1. The maximum absolute atomic E-state index is 12.5. The molecule has 0 aliphatic heterocycles. The highest BCUT2D eigenvalue weighted by atomic mass is 32.1. The Morgan fingerprint density at radius 2 is 2.04 bits per heavy atom. The van der Waals surface area contributed by atoms with Crippen molar-refractivity contribution in [3.63, 3.8) is 0 Å². The largest absolute Gasteiger partial charge is 0.448 e. The summed E-state index contributed by atoms with van der Waals surface area (Å²) in [5.41, 5.74) is 0.955. The van der Waals surface area contributed by atoms with E-state index in [0.717, 1.165) is 21.6 Å². The Morgan fingerprint density at radius 3 is 2.88 bits per heavy atom. The van der Waals surface area contributed by atoms with Crippen LogP contribution in [0.1, 0.15) is 43.2 Å². The Bertz CT molecular complexity index is 834. The first-order valence-corrected chi connectivity index (χ1v) is 9.29. The van der Waals surface area contributed by atoms with Gasteiger partial charge >= 0.3 is 0 Å². The number of nitrogens with zero attached hydrogens (tertiary/aromatic N) is 1. The van der Waals surface area contributed by atoms with E-state index < -0.39 is 0 Å². The minimum Gasteiger partial charge on any atom is -0.448 e. The van der Waals surface area contributed by atoms with E-state index in [2.05, 4.69) is 17.2 Å². The van der Waals surface area contributed by atoms with Crippen LogP contribution in [0.25, 0.3) is 21.0 Å². The second-order valence-corrected chi connectivity index (χ2v) is 7.52. The van der Waals surface area contributed by atoms with Crippen molar-refractivity contribution in [2.24, 2.45) is 5.92 Å². The number of carbonyl (C=O) groups excluding carboxylic acids is 1. The number of amides is 1. The van der Waals surface area contributed by atoms with E-state index in [1.807, 2.05) is 30.3 Å². The van der Waals surface area contributed by atoms with Gasteiger partial charge < -0.3 is 9.73 Å². The molecule has 0 spiro atoms. The third-order valence-corrected chi connectivity index (χ3v) is 5.81. The minimum atomic E-state index is -0.124. The van der Waals surface area contributed by atoms with Crippen molar-refractivity contribution in [3.8, 4) is 10.8 Å². The van der Waals surface area contributed by atoms with Gasteiger partial charge in [-0.1, -0.05) is 31.9 Å². The van der Waals surface area contributed by atoms with Crippen molar-refractivity contribution >= 4 is 27.5 Å². The normalized spacial score (nSPS) is 21.0. The van der Waals surface area contributed by atoms with Gasteiger partial charge in [-0.15, -0.1) is 11.3 Å². The molecule has 1 fully saturated rings. The molecule has 2 aromatic heterocycles. The molecule has 1 aliphatic rings. The highest BCUT2D eigenvalue weighted by Gasteiger charge is 2.24. The fourth-order valence-corrected chi connectivity index (χ4v) is 4.25. The van der Waals surface area contributed by atoms with Crippen LogP contribution in [0.3, 0.4) is 0 Å². The monoisotopic (exact) mass is 340 g/mol. The molecule has 0 unspecified atom stereocenters. The fourth-order valence-electron chi connectivity index (χ4n) is 3.32. The Morgan fingerprint density at radius 1 is 1.21 bits per heavy atom. The number of thiazole rings is 1. The highest BCUT2D eigenvalue weighted by Crippen LogP contribution is 2.31. The van der Waals surface area contributed by atoms with Crippen LogP contribution in [0, 0.1) is 5.92 Å². The molecule has 4 nitrogen and oxygen atoms in total. The molecule has 2 atom stereocenters. The number of rotatable bonds is 3. The van der Waals surface area contributed by atoms with E-state index in [1.54, 1.807) is 17.4 Å². The SMILES string of the molecule is C[C@@H]1CCCC[C@H]1NC(=O)c1ccc(-c2nc3ccccc3s2)o1. The lowest BCUT2D eigenvalue weighted by molar-refractivity contribution is 0.0883. The summed E-state index contributed by atoms with van der Waals surface area (Å²) in [5, 5.41) is 3.93. The van der Waals surface area contributed by atoms with Crippen molar-refractivity contribution in [3.05, 3.63) is 42.2 Å². The van der Waals surface area contributed by atoms with Crippen molar-refractivity contribution < 1.29 is 9.21 Å². The Hall–Kier alpha value is -2.14. The van der Waals surface area contributed by atoms with E-state index >= 15 is 0 Å². The van der Waals surface area contributed by atoms with Crippen LogP contribution < -0.4 is 5.32 Å². The van der Waals surface area contributed by atoms with Crippen molar-refractivity contribution in [1.29, 1.82) is 0 Å². The molecule has 1 N–H and O–H groups in total. The first-order valence-electron chi connectivity index (χ1n) is 8.47. The van der Waals surface area contributed by atoms with Crippen LogP contribution in [-0.4, -0.2) is 16.9 Å². The number of nitrogens with one attached hydrogen (secondary N) is 1. The lowest BCUT2D eigenvalue weighted by Gasteiger charge is -2.29. The van der Waals surface area contributed by atoms with Crippen molar-refractivity contribution in [2.45, 2.75) is 38.6 Å². The quantitative estimate of drug-likeness (QED) is 0.740. The number of hydrogen-bond acceptors (Lipinski definition) is 4. The van der Waals surface area contributed by atoms with E-state index in [1.165, 1.54) is 19.3 Å². The van der Waals surface area contributed by atoms with E-state index in [4.69, 9.17) is 4.42 Å². The lowest BCUT2D eigenvalue weighted by Crippen LogP contribution is -2.40. The summed E-state index contributed by atoms with van der Waals surface area (Å²) >= 11 is 1.57. The van der Waals surface area contributed by atoms with Gasteiger partial charge in [-0.05, 0) is 43.0 Å². The predicted octanol–water partition coefficient (Wildman–Crippen LogP) is 4.86. The van der Waals surface area contributed by atoms with Gasteiger partial charge in [0.05, 0.1) is 10.2 Å². The van der Waals surface area contributed by atoms with E-state index in [9.17, 15) is 4.79 Å². The van der Waals surface area contributed by atoms with Crippen LogP contribution in [0.2, 0.25) is 0 Å². The number of fused-ring (bicyclic) bond motifs is 1. The first kappa shape index (κ1) is 15.4. The second kappa shape index (κ2) is 6.40. The maximum Gasteiger partial charge on any atom is 0.287 e. The van der Waals surface area contributed by atoms with Crippen LogP contribution in [0.15, 0.2) is 40.8 Å². The summed E-state index contributed by atoms with van der Waals surface area (Å²) in [7, 11) is 0. The van der Waals surface area contributed by atoms with Gasteiger partial charge in [0.25, 0.3) is 5.91 Å². The predicted molar refractivity (Wildman–Crippen MR) is 96.2 cm³/mol. The Kier molecular flexibility index (Phi) is 4.10. The molecule has 0 saturated heterocycles. The molecule has 0 bridgehead atoms. The molecule has 24 heavy (non-hydrogen) atoms. The van der Waals surface area contributed by atoms with Crippen LogP contribution in [0.5, 0.6) is 0 Å². The van der Waals surface area contributed by atoms with E-state index in [-0.39, 0.29) is 11.9 Å². The Balaban J connectivity index is 1.52. The molecule has 1 aromatic carbocycles. The topological polar surface area (TPSA) is 55.1 Å². The van der Waals surface area contributed by atoms with Crippen LogP contribution >= 0.6 is 11.3 Å². The molecular weight excluding hydrogens is 320 g/mol. The van der Waals surface area contributed by atoms with E-state index in [0.29, 0.717) is 17.4 Å². The Labute approximate surface area is 144 Å². The van der Waals surface area contributed by atoms with Crippen LogP contribution in [-0.2, 0) is 0 Å². The number of para-hydroxylation sites is 1. The highest BCUT2D eigenvalue weighted by molar-refractivity contribution is 7.21. The van der Waals surface area contributed by atoms with Gasteiger partial charge in [0.15, 0.2) is 16.5 Å². The van der Waals surface area contributed by atoms with Gasteiger partial charge in [-0.3, -0.25) is 4.79 Å². The fraction of sp³-hybridized carbons (Fsp3) is 0.368. The average molecular weight is 340 g/mol. The third kappa shape index (κ3) is 2.96. The summed E-state index contributed by atoms with van der Waals surface area (Å²) in [6, 6.07) is 11.8. The molecule has 1 aliphatic carbocycles. The van der Waals surface area contributed by atoms with Crippen LogP contribution in [0.4, 0.5) is 0 Å². The number of furan rings is 1. The lowest BCUT2D eigenvalue weighted by atomic mass is 9.86. The summed E-state index contributed by atoms with van der Waals surface area (Å²) in [4.78, 5) is 17.0. The van der Waals surface area contributed by atoms with Gasteiger partial charge in [0, 0.05) is 6.04 Å². The zero-order chi connectivity index (χ0) is 16.5. The molecule has 1 saturated carbocycles. The zero-order valence-corrected chi connectivity index (χ0v) is 14.4. The molecule has 4 rings (SSSR count). The zero-order valence-electron chi connectivity index (χ0n) is 13.6. The standard InChI is InChI=1S/C19H20N2O2S/c1-12-6-2-3-7-13(12)20-18(22)15-10-11-16(23-15)19-21-14-8-4-5-9-17(14)24-19/h4-5,8-13H,2-3,6-7H2,1H3,(H,20,22)/t12-,13-/m1/s1. The van der Waals surface area contributed by atoms with Crippen molar-refractivity contribution in [1.82, 2.24) is 10.3 Å². The summed E-state index contributed by atoms with van der Waals surface area (Å²) in [6.45, 7) is 2.21. The smallest absolute Gasteiger partial charge is 0.287 e. The average Bonchev–Trinajstić information content (AvgIpc) is 3.23. The van der Waals surface area contributed by atoms with Gasteiger partial charge in [-0.2, -0.15) is 0 Å². The first-order chi connectivity index (χ1) is 11.7. The minimum absolute atomic E-state index is 0.124. The number of benzene rings is 1. The molecule has 0 radical (unpaired) electrons. The number of carbonyl (C=O) groups is 1. The number of aromatic nitrogens is 1.